The summed E-state index contributed by atoms with van der Waals surface area (Å²) in [5.74, 6) is -0.0765. The van der Waals surface area contributed by atoms with Gasteiger partial charge in [-0.3, -0.25) is 14.9 Å². The number of nitrogens with one attached hydrogen (secondary N) is 1. The number of rotatable bonds is 7. The van der Waals surface area contributed by atoms with E-state index in [1.54, 1.807) is 11.6 Å². The van der Waals surface area contributed by atoms with Crippen LogP contribution in [0.4, 0.5) is 10.3 Å². The number of Topliss-reactive ketones (excluding diaryl/α,β-unsaturated/α-hetero) is 1. The van der Waals surface area contributed by atoms with Crippen molar-refractivity contribution in [2.45, 2.75) is 12.8 Å². The SMILES string of the molecule is COc1ccc(-c2csc3nc(NC(=O)CCC(=O)c4ccc(F)cc4)nn23)cc1. The molecule has 152 valence electrons. The Morgan fingerprint density at radius 2 is 1.83 bits per heavy atom. The van der Waals surface area contributed by atoms with Crippen molar-refractivity contribution in [3.05, 3.63) is 65.3 Å². The highest BCUT2D eigenvalue weighted by molar-refractivity contribution is 7.15. The summed E-state index contributed by atoms with van der Waals surface area (Å²) in [6.45, 7) is 0. The third-order valence-corrected chi connectivity index (χ3v) is 5.28. The highest BCUT2D eigenvalue weighted by atomic mass is 32.1. The van der Waals surface area contributed by atoms with E-state index in [1.165, 1.54) is 35.6 Å². The van der Waals surface area contributed by atoms with Crippen molar-refractivity contribution in [3.8, 4) is 17.0 Å². The van der Waals surface area contributed by atoms with Gasteiger partial charge in [0.1, 0.15) is 11.6 Å². The van der Waals surface area contributed by atoms with Crippen molar-refractivity contribution in [1.82, 2.24) is 14.6 Å². The van der Waals surface area contributed by atoms with Crippen LogP contribution in [0.1, 0.15) is 23.2 Å². The Balaban J connectivity index is 1.41. The van der Waals surface area contributed by atoms with Gasteiger partial charge in [-0.1, -0.05) is 0 Å². The lowest BCUT2D eigenvalue weighted by atomic mass is 10.1. The van der Waals surface area contributed by atoms with Gasteiger partial charge in [-0.15, -0.1) is 16.4 Å². The van der Waals surface area contributed by atoms with Crippen LogP contribution >= 0.6 is 11.3 Å². The average molecular weight is 424 g/mol. The number of carbonyl (C=O) groups excluding carboxylic acids is 2. The second-order valence-electron chi connectivity index (χ2n) is 6.46. The highest BCUT2D eigenvalue weighted by Gasteiger charge is 2.15. The molecule has 0 fully saturated rings. The quantitative estimate of drug-likeness (QED) is 0.449. The number of hydrogen-bond acceptors (Lipinski definition) is 6. The number of benzene rings is 2. The minimum absolute atomic E-state index is 0.0107. The van der Waals surface area contributed by atoms with E-state index >= 15 is 0 Å². The molecule has 0 aliphatic carbocycles. The van der Waals surface area contributed by atoms with Crippen LogP contribution in [0, 0.1) is 5.82 Å². The second-order valence-corrected chi connectivity index (χ2v) is 7.29. The summed E-state index contributed by atoms with van der Waals surface area (Å²) in [5.41, 5.74) is 2.15. The molecule has 0 bridgehead atoms. The van der Waals surface area contributed by atoms with Crippen LogP contribution in [0.15, 0.2) is 53.9 Å². The van der Waals surface area contributed by atoms with E-state index in [0.29, 0.717) is 10.5 Å². The fourth-order valence-electron chi connectivity index (χ4n) is 2.89. The zero-order valence-electron chi connectivity index (χ0n) is 16.0. The van der Waals surface area contributed by atoms with Crippen LogP contribution in [0.2, 0.25) is 0 Å². The maximum Gasteiger partial charge on any atom is 0.250 e. The van der Waals surface area contributed by atoms with Crippen molar-refractivity contribution >= 4 is 33.9 Å². The number of nitrogens with zero attached hydrogens (tertiary/aromatic N) is 3. The third-order valence-electron chi connectivity index (χ3n) is 4.46. The topological polar surface area (TPSA) is 85.6 Å². The number of methoxy groups -OCH3 is 1. The molecule has 30 heavy (non-hydrogen) atoms. The van der Waals surface area contributed by atoms with E-state index in [4.69, 9.17) is 4.74 Å². The van der Waals surface area contributed by atoms with E-state index in [2.05, 4.69) is 15.4 Å². The van der Waals surface area contributed by atoms with Gasteiger partial charge in [0, 0.05) is 29.3 Å². The van der Waals surface area contributed by atoms with Crippen LogP contribution in [0.5, 0.6) is 5.75 Å². The first-order valence-electron chi connectivity index (χ1n) is 9.11. The number of halogens is 1. The predicted molar refractivity (Wildman–Crippen MR) is 111 cm³/mol. The number of thiazole rings is 1. The smallest absolute Gasteiger partial charge is 0.250 e. The molecule has 2 aromatic carbocycles. The summed E-state index contributed by atoms with van der Waals surface area (Å²) in [4.78, 5) is 29.3. The Bertz CT molecular complexity index is 1200. The van der Waals surface area contributed by atoms with Crippen LogP contribution in [-0.2, 0) is 4.79 Å². The molecular formula is C21H17FN4O3S. The molecule has 0 aliphatic heterocycles. The molecule has 0 saturated heterocycles. The number of amides is 1. The average Bonchev–Trinajstić information content (AvgIpc) is 3.33. The predicted octanol–water partition coefficient (Wildman–Crippen LogP) is 4.21. The molecule has 1 amide bonds. The van der Waals surface area contributed by atoms with E-state index in [1.807, 2.05) is 29.6 Å². The van der Waals surface area contributed by atoms with Gasteiger partial charge in [-0.25, -0.2) is 8.91 Å². The zero-order chi connectivity index (χ0) is 21.1. The molecule has 0 spiro atoms. The standard InChI is InChI=1S/C21H17FN4O3S/c1-29-16-8-4-13(5-9-16)17-12-30-21-24-20(25-26(17)21)23-19(28)11-10-18(27)14-2-6-15(22)7-3-14/h2-9,12H,10-11H2,1H3,(H,23,25,28). The number of aromatic nitrogens is 3. The van der Waals surface area contributed by atoms with Gasteiger partial charge in [0.2, 0.25) is 16.8 Å². The molecule has 9 heteroatoms. The summed E-state index contributed by atoms with van der Waals surface area (Å²) in [5, 5.41) is 8.91. The first-order valence-corrected chi connectivity index (χ1v) is 9.99. The number of carbonyl (C=O) groups is 2. The lowest BCUT2D eigenvalue weighted by Crippen LogP contribution is -2.14. The van der Waals surface area contributed by atoms with Gasteiger partial charge in [-0.2, -0.15) is 4.98 Å². The summed E-state index contributed by atoms with van der Waals surface area (Å²) in [6.07, 6.45) is -0.00875. The Morgan fingerprint density at radius 3 is 2.53 bits per heavy atom. The van der Waals surface area contributed by atoms with E-state index in [-0.39, 0.29) is 30.5 Å². The maximum atomic E-state index is 12.9. The van der Waals surface area contributed by atoms with Gasteiger partial charge in [0.05, 0.1) is 12.8 Å². The largest absolute Gasteiger partial charge is 0.497 e. The summed E-state index contributed by atoms with van der Waals surface area (Å²) < 4.78 is 19.8. The molecule has 7 nitrogen and oxygen atoms in total. The molecule has 1 N–H and O–H groups in total. The first-order chi connectivity index (χ1) is 14.5. The summed E-state index contributed by atoms with van der Waals surface area (Å²) >= 11 is 1.41. The minimum atomic E-state index is -0.413. The molecule has 0 atom stereocenters. The van der Waals surface area contributed by atoms with E-state index in [0.717, 1.165) is 17.0 Å². The highest BCUT2D eigenvalue weighted by Crippen LogP contribution is 2.27. The zero-order valence-corrected chi connectivity index (χ0v) is 16.8. The lowest BCUT2D eigenvalue weighted by molar-refractivity contribution is -0.116. The summed E-state index contributed by atoms with van der Waals surface area (Å²) in [6, 6.07) is 12.8. The molecule has 0 radical (unpaired) electrons. The second kappa shape index (κ2) is 8.42. The number of anilines is 1. The van der Waals surface area contributed by atoms with Crippen molar-refractivity contribution in [2.75, 3.05) is 12.4 Å². The Hall–Kier alpha value is -3.59. The van der Waals surface area contributed by atoms with Crippen LogP contribution < -0.4 is 10.1 Å². The van der Waals surface area contributed by atoms with Crippen LogP contribution in [0.25, 0.3) is 16.2 Å². The van der Waals surface area contributed by atoms with Gasteiger partial charge in [0.25, 0.3) is 0 Å². The molecule has 2 heterocycles. The van der Waals surface area contributed by atoms with Crippen molar-refractivity contribution in [1.29, 1.82) is 0 Å². The number of hydrogen-bond donors (Lipinski definition) is 1. The van der Waals surface area contributed by atoms with Crippen LogP contribution in [0.3, 0.4) is 0 Å². The Kier molecular flexibility index (Phi) is 5.53. The molecule has 4 rings (SSSR count). The molecule has 0 saturated carbocycles. The molecule has 0 aliphatic rings. The normalized spacial score (nSPS) is 10.9. The Morgan fingerprint density at radius 1 is 1.10 bits per heavy atom. The third kappa shape index (κ3) is 4.20. The summed E-state index contributed by atoms with van der Waals surface area (Å²) in [7, 11) is 1.61. The van der Waals surface area contributed by atoms with E-state index in [9.17, 15) is 14.0 Å². The minimum Gasteiger partial charge on any atom is -0.497 e. The van der Waals surface area contributed by atoms with Gasteiger partial charge >= 0.3 is 0 Å². The molecule has 0 unspecified atom stereocenters. The fourth-order valence-corrected chi connectivity index (χ4v) is 3.72. The van der Waals surface area contributed by atoms with E-state index < -0.39 is 5.82 Å². The number of ketones is 1. The monoisotopic (exact) mass is 424 g/mol. The van der Waals surface area contributed by atoms with Crippen molar-refractivity contribution < 1.29 is 18.7 Å². The maximum absolute atomic E-state index is 12.9. The number of ether oxygens (including phenoxy) is 1. The fraction of sp³-hybridized carbons (Fsp3) is 0.143. The molecule has 2 aromatic heterocycles. The van der Waals surface area contributed by atoms with Gasteiger partial charge in [-0.05, 0) is 48.5 Å². The lowest BCUT2D eigenvalue weighted by Gasteiger charge is -2.02. The molecular weight excluding hydrogens is 407 g/mol. The molecule has 4 aromatic rings. The first kappa shape index (κ1) is 19.7. The van der Waals surface area contributed by atoms with Gasteiger partial charge < -0.3 is 4.74 Å². The van der Waals surface area contributed by atoms with Crippen molar-refractivity contribution in [2.24, 2.45) is 0 Å². The Labute approximate surface area is 175 Å². The van der Waals surface area contributed by atoms with Gasteiger partial charge in [0.15, 0.2) is 5.78 Å². The van der Waals surface area contributed by atoms with Crippen LogP contribution in [-0.4, -0.2) is 33.4 Å². The number of fused-ring (bicyclic) bond motifs is 1. The van der Waals surface area contributed by atoms with Crippen molar-refractivity contribution in [3.63, 3.8) is 0 Å².